The van der Waals surface area contributed by atoms with Crippen molar-refractivity contribution < 1.29 is 9.72 Å². The highest BCUT2D eigenvalue weighted by atomic mass is 16.6. The van der Waals surface area contributed by atoms with Crippen molar-refractivity contribution >= 4 is 17.4 Å². The molecule has 1 rings (SSSR count). The average Bonchev–Trinajstić information content (AvgIpc) is 2.38. The number of nitrogens with zero attached hydrogens (tertiary/aromatic N) is 4. The van der Waals surface area contributed by atoms with Crippen LogP contribution in [0.3, 0.4) is 0 Å². The maximum atomic E-state index is 11.9. The van der Waals surface area contributed by atoms with Gasteiger partial charge in [0.25, 0.3) is 0 Å². The van der Waals surface area contributed by atoms with Crippen LogP contribution in [0.5, 0.6) is 0 Å². The van der Waals surface area contributed by atoms with Crippen LogP contribution in [-0.2, 0) is 0 Å². The summed E-state index contributed by atoms with van der Waals surface area (Å²) in [4.78, 5) is 27.0. The molecule has 0 radical (unpaired) electrons. The normalized spacial score (nSPS) is 11.2. The third-order valence-electron chi connectivity index (χ3n) is 2.61. The Morgan fingerprint density at radius 3 is 3.00 bits per heavy atom. The second kappa shape index (κ2) is 6.30. The maximum absolute atomic E-state index is 11.9. The molecule has 0 aromatic carbocycles. The third kappa shape index (κ3) is 3.64. The highest BCUT2D eigenvalue weighted by Crippen LogP contribution is 2.22. The van der Waals surface area contributed by atoms with E-state index in [-0.39, 0.29) is 23.8 Å². The Bertz CT molecular complexity index is 525. The molecule has 2 amide bonds. The van der Waals surface area contributed by atoms with Gasteiger partial charge >= 0.3 is 11.7 Å². The lowest BCUT2D eigenvalue weighted by molar-refractivity contribution is -0.384. The van der Waals surface area contributed by atoms with Gasteiger partial charge in [0, 0.05) is 19.3 Å². The number of nitriles is 1. The number of pyridine rings is 1. The lowest BCUT2D eigenvalue weighted by atomic mass is 10.2. The summed E-state index contributed by atoms with van der Waals surface area (Å²) < 4.78 is 0. The number of amides is 2. The maximum Gasteiger partial charge on any atom is 0.322 e. The second-order valence-corrected chi connectivity index (χ2v) is 3.90. The molecule has 0 fully saturated rings. The van der Waals surface area contributed by atoms with E-state index in [1.54, 1.807) is 6.92 Å². The van der Waals surface area contributed by atoms with Crippen molar-refractivity contribution in [3.8, 4) is 6.07 Å². The van der Waals surface area contributed by atoms with Gasteiger partial charge in [0.1, 0.15) is 11.9 Å². The van der Waals surface area contributed by atoms with Gasteiger partial charge in [-0.1, -0.05) is 0 Å². The zero-order valence-corrected chi connectivity index (χ0v) is 10.5. The summed E-state index contributed by atoms with van der Waals surface area (Å²) in [5.74, 6) is 0. The van der Waals surface area contributed by atoms with Gasteiger partial charge in [0.15, 0.2) is 0 Å². The monoisotopic (exact) mass is 263 g/mol. The number of aromatic nitrogens is 1. The summed E-state index contributed by atoms with van der Waals surface area (Å²) in [6.07, 6.45) is 2.60. The smallest absolute Gasteiger partial charge is 0.322 e. The minimum atomic E-state index is -0.624. The molecule has 0 aliphatic rings. The predicted molar refractivity (Wildman–Crippen MR) is 67.4 cm³/mol. The van der Waals surface area contributed by atoms with Gasteiger partial charge in [0.2, 0.25) is 0 Å². The average molecular weight is 263 g/mol. The first kappa shape index (κ1) is 14.4. The molecule has 8 heteroatoms. The molecule has 1 unspecified atom stereocenters. The van der Waals surface area contributed by atoms with Gasteiger partial charge in [0.05, 0.1) is 17.4 Å². The van der Waals surface area contributed by atoms with Gasteiger partial charge in [-0.2, -0.15) is 5.26 Å². The molecule has 1 aromatic rings. The Morgan fingerprint density at radius 1 is 1.74 bits per heavy atom. The Hall–Kier alpha value is -2.69. The standard InChI is InChI=1S/C11H13N5O3/c1-8(3-5-12)15(2)11(17)14-9-4-6-13-7-10(9)16(18)19/h4,6-8H,3H2,1-2H3,(H,13,14,17). The number of hydrogen-bond donors (Lipinski definition) is 1. The van der Waals surface area contributed by atoms with Gasteiger partial charge < -0.3 is 10.2 Å². The van der Waals surface area contributed by atoms with Crippen LogP contribution in [-0.4, -0.2) is 33.9 Å². The van der Waals surface area contributed by atoms with Crippen molar-refractivity contribution in [3.05, 3.63) is 28.6 Å². The molecule has 0 spiro atoms. The summed E-state index contributed by atoms with van der Waals surface area (Å²) in [6.45, 7) is 1.71. The predicted octanol–water partition coefficient (Wildman–Crippen LogP) is 1.76. The Labute approximate surface area is 109 Å². The van der Waals surface area contributed by atoms with Crippen LogP contribution in [0, 0.1) is 21.4 Å². The van der Waals surface area contributed by atoms with E-state index >= 15 is 0 Å². The molecule has 0 saturated heterocycles. The van der Waals surface area contributed by atoms with E-state index in [9.17, 15) is 14.9 Å². The molecule has 0 aliphatic carbocycles. The lowest BCUT2D eigenvalue weighted by Crippen LogP contribution is -2.38. The number of rotatable bonds is 4. The van der Waals surface area contributed by atoms with Gasteiger partial charge in [-0.15, -0.1) is 0 Å². The Morgan fingerprint density at radius 2 is 2.42 bits per heavy atom. The zero-order chi connectivity index (χ0) is 14.4. The van der Waals surface area contributed by atoms with E-state index in [4.69, 9.17) is 5.26 Å². The number of anilines is 1. The van der Waals surface area contributed by atoms with Crippen LogP contribution in [0.4, 0.5) is 16.2 Å². The number of urea groups is 1. The molecular formula is C11H13N5O3. The number of nitrogens with one attached hydrogen (secondary N) is 1. The van der Waals surface area contributed by atoms with Crippen molar-refractivity contribution in [3.63, 3.8) is 0 Å². The third-order valence-corrected chi connectivity index (χ3v) is 2.61. The molecular weight excluding hydrogens is 250 g/mol. The lowest BCUT2D eigenvalue weighted by Gasteiger charge is -2.23. The SMILES string of the molecule is CC(CC#N)N(C)C(=O)Nc1ccncc1[N+](=O)[O-]. The Kier molecular flexibility index (Phi) is 4.76. The van der Waals surface area contributed by atoms with Gasteiger partial charge in [-0.3, -0.25) is 15.1 Å². The van der Waals surface area contributed by atoms with Crippen LogP contribution >= 0.6 is 0 Å². The molecule has 100 valence electrons. The number of nitro groups is 1. The first-order chi connectivity index (χ1) is 8.97. The van der Waals surface area contributed by atoms with E-state index in [1.807, 2.05) is 6.07 Å². The van der Waals surface area contributed by atoms with Gasteiger partial charge in [-0.05, 0) is 13.0 Å². The van der Waals surface area contributed by atoms with Crippen molar-refractivity contribution in [1.29, 1.82) is 5.26 Å². The topological polar surface area (TPSA) is 112 Å². The minimum Gasteiger partial charge on any atom is -0.324 e. The number of carbonyl (C=O) groups excluding carboxylic acids is 1. The van der Waals surface area contributed by atoms with Crippen molar-refractivity contribution in [2.75, 3.05) is 12.4 Å². The molecule has 8 nitrogen and oxygen atoms in total. The quantitative estimate of drug-likeness (QED) is 0.656. The van der Waals surface area contributed by atoms with Crippen LogP contribution in [0.25, 0.3) is 0 Å². The molecule has 1 atom stereocenters. The highest BCUT2D eigenvalue weighted by molar-refractivity contribution is 5.91. The van der Waals surface area contributed by atoms with E-state index in [0.717, 1.165) is 6.20 Å². The fourth-order valence-electron chi connectivity index (χ4n) is 1.31. The molecule has 19 heavy (non-hydrogen) atoms. The molecule has 1 N–H and O–H groups in total. The molecule has 0 bridgehead atoms. The first-order valence-electron chi connectivity index (χ1n) is 5.46. The largest absolute Gasteiger partial charge is 0.324 e. The summed E-state index contributed by atoms with van der Waals surface area (Å²) in [6, 6.07) is 2.50. The van der Waals surface area contributed by atoms with Crippen LogP contribution < -0.4 is 5.32 Å². The number of hydrogen-bond acceptors (Lipinski definition) is 5. The zero-order valence-electron chi connectivity index (χ0n) is 10.5. The minimum absolute atomic E-state index is 0.0704. The summed E-state index contributed by atoms with van der Waals surface area (Å²) in [7, 11) is 1.52. The summed E-state index contributed by atoms with van der Waals surface area (Å²) >= 11 is 0. The summed E-state index contributed by atoms with van der Waals surface area (Å²) in [5, 5.41) is 21.8. The van der Waals surface area contributed by atoms with Crippen molar-refractivity contribution in [2.45, 2.75) is 19.4 Å². The van der Waals surface area contributed by atoms with Gasteiger partial charge in [-0.25, -0.2) is 4.79 Å². The van der Waals surface area contributed by atoms with E-state index in [1.165, 1.54) is 24.2 Å². The fraction of sp³-hybridized carbons (Fsp3) is 0.364. The van der Waals surface area contributed by atoms with E-state index in [0.29, 0.717) is 0 Å². The molecule has 1 aromatic heterocycles. The first-order valence-corrected chi connectivity index (χ1v) is 5.46. The second-order valence-electron chi connectivity index (χ2n) is 3.90. The molecule has 1 heterocycles. The van der Waals surface area contributed by atoms with Crippen molar-refractivity contribution in [1.82, 2.24) is 9.88 Å². The van der Waals surface area contributed by atoms with Crippen LogP contribution in [0.1, 0.15) is 13.3 Å². The van der Waals surface area contributed by atoms with E-state index < -0.39 is 11.0 Å². The van der Waals surface area contributed by atoms with Crippen molar-refractivity contribution in [2.24, 2.45) is 0 Å². The molecule has 0 aliphatic heterocycles. The Balaban J connectivity index is 2.83. The van der Waals surface area contributed by atoms with Crippen LogP contribution in [0.15, 0.2) is 18.5 Å². The summed E-state index contributed by atoms with van der Waals surface area (Å²) in [5.41, 5.74) is -0.210. The van der Waals surface area contributed by atoms with E-state index in [2.05, 4.69) is 10.3 Å². The highest BCUT2D eigenvalue weighted by Gasteiger charge is 2.20. The fourth-order valence-corrected chi connectivity index (χ4v) is 1.31. The number of carbonyl (C=O) groups is 1. The van der Waals surface area contributed by atoms with Crippen LogP contribution in [0.2, 0.25) is 0 Å². The molecule has 0 saturated carbocycles.